The maximum Gasteiger partial charge on any atom is 0.261 e. The van der Waals surface area contributed by atoms with Crippen molar-refractivity contribution in [1.29, 1.82) is 0 Å². The van der Waals surface area contributed by atoms with Crippen LogP contribution in [0.2, 0.25) is 5.02 Å². The Kier molecular flexibility index (Phi) is 4.32. The van der Waals surface area contributed by atoms with E-state index in [1.54, 1.807) is 37.3 Å². The molecule has 0 aliphatic heterocycles. The van der Waals surface area contributed by atoms with Crippen molar-refractivity contribution in [3.63, 3.8) is 0 Å². The number of sulfonamides is 1. The van der Waals surface area contributed by atoms with Crippen LogP contribution < -0.4 is 4.72 Å². The Morgan fingerprint density at radius 1 is 1.20 bits per heavy atom. The van der Waals surface area contributed by atoms with Gasteiger partial charge in [-0.25, -0.2) is 8.42 Å². The van der Waals surface area contributed by atoms with Gasteiger partial charge in [-0.3, -0.25) is 4.72 Å². The van der Waals surface area contributed by atoms with Gasteiger partial charge < -0.3 is 5.11 Å². The van der Waals surface area contributed by atoms with Crippen molar-refractivity contribution in [1.82, 2.24) is 0 Å². The minimum Gasteiger partial charge on any atom is -0.392 e. The fourth-order valence-corrected chi connectivity index (χ4v) is 3.31. The van der Waals surface area contributed by atoms with Crippen LogP contribution >= 0.6 is 11.6 Å². The molecule has 0 aliphatic rings. The van der Waals surface area contributed by atoms with E-state index in [2.05, 4.69) is 4.72 Å². The number of aliphatic hydroxyl groups excluding tert-OH is 1. The Balaban J connectivity index is 2.41. The Hall–Kier alpha value is -1.56. The van der Waals surface area contributed by atoms with Gasteiger partial charge in [-0.2, -0.15) is 0 Å². The molecule has 0 heterocycles. The summed E-state index contributed by atoms with van der Waals surface area (Å²) < 4.78 is 27.1. The third-order valence-corrected chi connectivity index (χ3v) is 4.51. The number of anilines is 1. The van der Waals surface area contributed by atoms with Crippen molar-refractivity contribution in [2.24, 2.45) is 0 Å². The molecule has 0 unspecified atom stereocenters. The lowest BCUT2D eigenvalue weighted by molar-refractivity contribution is 0.281. The number of aliphatic hydroxyl groups is 1. The van der Waals surface area contributed by atoms with Crippen molar-refractivity contribution in [2.45, 2.75) is 18.4 Å². The number of halogens is 1. The number of para-hydroxylation sites is 1. The molecule has 0 fully saturated rings. The number of aryl methyl sites for hydroxylation is 1. The molecule has 0 saturated carbocycles. The Labute approximate surface area is 123 Å². The summed E-state index contributed by atoms with van der Waals surface area (Å²) >= 11 is 6.01. The molecule has 2 N–H and O–H groups in total. The molecule has 0 aliphatic carbocycles. The van der Waals surface area contributed by atoms with Gasteiger partial charge in [-0.15, -0.1) is 0 Å². The molecule has 0 spiro atoms. The summed E-state index contributed by atoms with van der Waals surface area (Å²) in [6.07, 6.45) is 0. The number of nitrogens with one attached hydrogen (secondary N) is 1. The molecule has 2 rings (SSSR count). The normalized spacial score (nSPS) is 11.3. The largest absolute Gasteiger partial charge is 0.392 e. The molecule has 2 aromatic rings. The lowest BCUT2D eigenvalue weighted by atomic mass is 10.2. The minimum atomic E-state index is -3.74. The summed E-state index contributed by atoms with van der Waals surface area (Å²) in [5.74, 6) is 0. The van der Waals surface area contributed by atoms with E-state index in [4.69, 9.17) is 16.7 Å². The Bertz CT molecular complexity index is 709. The number of rotatable bonds is 4. The summed E-state index contributed by atoms with van der Waals surface area (Å²) in [4.78, 5) is 0.0865. The van der Waals surface area contributed by atoms with Crippen molar-refractivity contribution < 1.29 is 13.5 Å². The zero-order valence-electron chi connectivity index (χ0n) is 10.8. The van der Waals surface area contributed by atoms with E-state index in [-0.39, 0.29) is 11.5 Å². The topological polar surface area (TPSA) is 66.4 Å². The first-order chi connectivity index (χ1) is 9.44. The van der Waals surface area contributed by atoms with Gasteiger partial charge in [-0.1, -0.05) is 35.9 Å². The van der Waals surface area contributed by atoms with Gasteiger partial charge in [-0.05, 0) is 36.2 Å². The monoisotopic (exact) mass is 311 g/mol. The average molecular weight is 312 g/mol. The smallest absolute Gasteiger partial charge is 0.261 e. The lowest BCUT2D eigenvalue weighted by Crippen LogP contribution is -2.14. The van der Waals surface area contributed by atoms with Gasteiger partial charge in [0.2, 0.25) is 0 Å². The molecule has 106 valence electrons. The molecule has 4 nitrogen and oxygen atoms in total. The zero-order chi connectivity index (χ0) is 14.8. The van der Waals surface area contributed by atoms with E-state index in [9.17, 15) is 8.42 Å². The van der Waals surface area contributed by atoms with Gasteiger partial charge in [0.15, 0.2) is 0 Å². The first-order valence-corrected chi connectivity index (χ1v) is 7.78. The van der Waals surface area contributed by atoms with Gasteiger partial charge >= 0.3 is 0 Å². The first kappa shape index (κ1) is 14.8. The standard InChI is InChI=1S/C14H14ClNO3S/c1-10-4-2-7-13(15)14(10)16-20(18,19)12-6-3-5-11(8-12)9-17/h2-8,16-17H,9H2,1H3. The predicted octanol–water partition coefficient (Wildman–Crippen LogP) is 2.94. The molecule has 6 heteroatoms. The summed E-state index contributed by atoms with van der Waals surface area (Å²) in [7, 11) is -3.74. The molecule has 0 bridgehead atoms. The van der Waals surface area contributed by atoms with E-state index >= 15 is 0 Å². The first-order valence-electron chi connectivity index (χ1n) is 5.92. The summed E-state index contributed by atoms with van der Waals surface area (Å²) in [6, 6.07) is 11.3. The van der Waals surface area contributed by atoms with Crippen molar-refractivity contribution in [3.8, 4) is 0 Å². The number of hydrogen-bond acceptors (Lipinski definition) is 3. The van der Waals surface area contributed by atoms with Crippen LogP contribution in [0.15, 0.2) is 47.4 Å². The van der Waals surface area contributed by atoms with Gasteiger partial charge in [0.05, 0.1) is 22.2 Å². The van der Waals surface area contributed by atoms with E-state index < -0.39 is 10.0 Å². The van der Waals surface area contributed by atoms with Crippen LogP contribution in [0.1, 0.15) is 11.1 Å². The van der Waals surface area contributed by atoms with Crippen molar-refractivity contribution in [2.75, 3.05) is 4.72 Å². The van der Waals surface area contributed by atoms with E-state index in [0.717, 1.165) is 5.56 Å². The quantitative estimate of drug-likeness (QED) is 0.912. The average Bonchev–Trinajstić information content (AvgIpc) is 2.43. The second-order valence-corrected chi connectivity index (χ2v) is 6.43. The molecule has 2 aromatic carbocycles. The van der Waals surface area contributed by atoms with Crippen LogP contribution in [0, 0.1) is 6.92 Å². The highest BCUT2D eigenvalue weighted by molar-refractivity contribution is 7.92. The van der Waals surface area contributed by atoms with Crippen molar-refractivity contribution in [3.05, 3.63) is 58.6 Å². The molecular formula is C14H14ClNO3S. The predicted molar refractivity (Wildman–Crippen MR) is 79.4 cm³/mol. The van der Waals surface area contributed by atoms with E-state index in [1.165, 1.54) is 12.1 Å². The second-order valence-electron chi connectivity index (χ2n) is 4.34. The molecule has 0 radical (unpaired) electrons. The molecule has 0 amide bonds. The van der Waals surface area contributed by atoms with Crippen LogP contribution in [0.3, 0.4) is 0 Å². The third kappa shape index (κ3) is 3.12. The van der Waals surface area contributed by atoms with Gasteiger partial charge in [0.25, 0.3) is 10.0 Å². The van der Waals surface area contributed by atoms with Gasteiger partial charge in [0.1, 0.15) is 0 Å². The molecule has 0 saturated heterocycles. The fraction of sp³-hybridized carbons (Fsp3) is 0.143. The van der Waals surface area contributed by atoms with E-state index in [1.807, 2.05) is 0 Å². The Morgan fingerprint density at radius 3 is 2.55 bits per heavy atom. The minimum absolute atomic E-state index is 0.0865. The SMILES string of the molecule is Cc1cccc(Cl)c1NS(=O)(=O)c1cccc(CO)c1. The maximum atomic E-state index is 12.3. The second kappa shape index (κ2) is 5.83. The summed E-state index contributed by atoms with van der Waals surface area (Å²) in [5.41, 5.74) is 1.63. The highest BCUT2D eigenvalue weighted by Crippen LogP contribution is 2.28. The van der Waals surface area contributed by atoms with Crippen LogP contribution in [0.4, 0.5) is 5.69 Å². The van der Waals surface area contributed by atoms with Crippen LogP contribution in [-0.2, 0) is 16.6 Å². The fourth-order valence-electron chi connectivity index (χ4n) is 1.77. The van der Waals surface area contributed by atoms with E-state index in [0.29, 0.717) is 16.3 Å². The summed E-state index contributed by atoms with van der Waals surface area (Å²) in [6.45, 7) is 1.56. The third-order valence-electron chi connectivity index (χ3n) is 2.85. The molecule has 20 heavy (non-hydrogen) atoms. The highest BCUT2D eigenvalue weighted by atomic mass is 35.5. The van der Waals surface area contributed by atoms with Gasteiger partial charge in [0, 0.05) is 0 Å². The molecular weight excluding hydrogens is 298 g/mol. The number of benzene rings is 2. The highest BCUT2D eigenvalue weighted by Gasteiger charge is 2.17. The summed E-state index contributed by atoms with van der Waals surface area (Å²) in [5, 5.41) is 9.41. The van der Waals surface area contributed by atoms with Crippen LogP contribution in [0.5, 0.6) is 0 Å². The van der Waals surface area contributed by atoms with Crippen molar-refractivity contribution >= 4 is 27.3 Å². The lowest BCUT2D eigenvalue weighted by Gasteiger charge is -2.12. The molecule has 0 atom stereocenters. The number of hydrogen-bond donors (Lipinski definition) is 2. The molecule has 0 aromatic heterocycles. The van der Waals surface area contributed by atoms with Crippen LogP contribution in [-0.4, -0.2) is 13.5 Å². The van der Waals surface area contributed by atoms with Crippen LogP contribution in [0.25, 0.3) is 0 Å². The zero-order valence-corrected chi connectivity index (χ0v) is 12.4. The maximum absolute atomic E-state index is 12.3. The Morgan fingerprint density at radius 2 is 1.90 bits per heavy atom.